The third-order valence-electron chi connectivity index (χ3n) is 6.29. The summed E-state index contributed by atoms with van der Waals surface area (Å²) in [6, 6.07) is 8.52. The fraction of sp³-hybridized carbons (Fsp3) is 0.682. The van der Waals surface area contributed by atoms with E-state index in [4.69, 9.17) is 4.74 Å². The first-order chi connectivity index (χ1) is 13.1. The predicted molar refractivity (Wildman–Crippen MR) is 108 cm³/mol. The SMILES string of the molecule is COCC1(C(=O)NCc2ccccc2CN2CCC(C)CC2)CCNCC1. The molecule has 0 saturated carbocycles. The first-order valence-electron chi connectivity index (χ1n) is 10.4. The monoisotopic (exact) mass is 373 g/mol. The quantitative estimate of drug-likeness (QED) is 0.771. The Balaban J connectivity index is 1.61. The molecule has 0 bridgehead atoms. The molecule has 2 N–H and O–H groups in total. The summed E-state index contributed by atoms with van der Waals surface area (Å²) in [5, 5.41) is 6.56. The topological polar surface area (TPSA) is 53.6 Å². The lowest BCUT2D eigenvalue weighted by Gasteiger charge is -2.35. The van der Waals surface area contributed by atoms with Crippen LogP contribution in [0, 0.1) is 11.3 Å². The number of nitrogens with zero attached hydrogens (tertiary/aromatic N) is 1. The lowest BCUT2D eigenvalue weighted by Crippen LogP contribution is -2.50. The minimum atomic E-state index is -0.391. The summed E-state index contributed by atoms with van der Waals surface area (Å²) in [6.07, 6.45) is 4.24. The van der Waals surface area contributed by atoms with Crippen molar-refractivity contribution in [2.24, 2.45) is 11.3 Å². The number of piperidine rings is 2. The van der Waals surface area contributed by atoms with Gasteiger partial charge < -0.3 is 15.4 Å². The molecule has 2 heterocycles. The van der Waals surface area contributed by atoms with Crippen LogP contribution in [-0.2, 0) is 22.6 Å². The lowest BCUT2D eigenvalue weighted by molar-refractivity contribution is -0.136. The van der Waals surface area contributed by atoms with Crippen molar-refractivity contribution in [3.63, 3.8) is 0 Å². The lowest BCUT2D eigenvalue weighted by atomic mass is 9.78. The summed E-state index contributed by atoms with van der Waals surface area (Å²) in [7, 11) is 1.69. The number of ether oxygens (including phenoxy) is 1. The van der Waals surface area contributed by atoms with E-state index in [1.807, 2.05) is 0 Å². The molecule has 2 aliphatic heterocycles. The molecule has 0 aliphatic carbocycles. The molecule has 1 amide bonds. The second-order valence-corrected chi connectivity index (χ2v) is 8.37. The van der Waals surface area contributed by atoms with Gasteiger partial charge in [0.25, 0.3) is 0 Å². The second-order valence-electron chi connectivity index (χ2n) is 8.37. The molecule has 3 rings (SSSR count). The number of hydrogen-bond donors (Lipinski definition) is 2. The van der Waals surface area contributed by atoms with Gasteiger partial charge in [0.1, 0.15) is 0 Å². The molecule has 0 unspecified atom stereocenters. The van der Waals surface area contributed by atoms with Crippen molar-refractivity contribution in [3.8, 4) is 0 Å². The van der Waals surface area contributed by atoms with Crippen LogP contribution >= 0.6 is 0 Å². The molecule has 2 saturated heterocycles. The zero-order chi connectivity index (χ0) is 19.1. The highest BCUT2D eigenvalue weighted by Gasteiger charge is 2.39. The number of methoxy groups -OCH3 is 1. The Labute approximate surface area is 163 Å². The molecule has 1 aromatic carbocycles. The summed E-state index contributed by atoms with van der Waals surface area (Å²) in [5.41, 5.74) is 2.17. The van der Waals surface area contributed by atoms with E-state index in [0.29, 0.717) is 13.2 Å². The van der Waals surface area contributed by atoms with Crippen molar-refractivity contribution >= 4 is 5.91 Å². The fourth-order valence-corrected chi connectivity index (χ4v) is 4.33. The normalized spacial score (nSPS) is 21.1. The van der Waals surface area contributed by atoms with Crippen LogP contribution in [0.5, 0.6) is 0 Å². The number of rotatable bonds is 7. The van der Waals surface area contributed by atoms with E-state index in [1.54, 1.807) is 7.11 Å². The standard InChI is InChI=1S/C22H35N3O2/c1-18-7-13-25(14-8-18)16-20-6-4-3-5-19(20)15-24-21(26)22(17-27-2)9-11-23-12-10-22/h3-6,18,23H,7-17H2,1-2H3,(H,24,26). The Kier molecular flexibility index (Phi) is 7.27. The van der Waals surface area contributed by atoms with Gasteiger partial charge in [-0.05, 0) is 68.9 Å². The minimum Gasteiger partial charge on any atom is -0.384 e. The van der Waals surface area contributed by atoms with Gasteiger partial charge in [0.15, 0.2) is 0 Å². The Morgan fingerprint density at radius 2 is 1.89 bits per heavy atom. The van der Waals surface area contributed by atoms with Crippen molar-refractivity contribution in [2.45, 2.75) is 45.7 Å². The molecule has 2 aliphatic rings. The average Bonchev–Trinajstić information content (AvgIpc) is 2.70. The van der Waals surface area contributed by atoms with Crippen LogP contribution in [-0.4, -0.2) is 50.7 Å². The number of amides is 1. The molecule has 5 heteroatoms. The number of benzene rings is 1. The molecule has 27 heavy (non-hydrogen) atoms. The van der Waals surface area contributed by atoms with Crippen LogP contribution in [0.3, 0.4) is 0 Å². The number of carbonyl (C=O) groups excluding carboxylic acids is 1. The first-order valence-corrected chi connectivity index (χ1v) is 10.4. The van der Waals surface area contributed by atoms with Gasteiger partial charge >= 0.3 is 0 Å². The molecule has 0 radical (unpaired) electrons. The van der Waals surface area contributed by atoms with Gasteiger partial charge in [-0.1, -0.05) is 31.2 Å². The number of nitrogens with one attached hydrogen (secondary N) is 2. The van der Waals surface area contributed by atoms with Crippen LogP contribution in [0.15, 0.2) is 24.3 Å². The molecular weight excluding hydrogens is 338 g/mol. The van der Waals surface area contributed by atoms with Gasteiger partial charge in [0, 0.05) is 20.2 Å². The molecule has 150 valence electrons. The molecule has 5 nitrogen and oxygen atoms in total. The zero-order valence-electron chi connectivity index (χ0n) is 16.9. The highest BCUT2D eigenvalue weighted by Crippen LogP contribution is 2.29. The van der Waals surface area contributed by atoms with Gasteiger partial charge in [-0.25, -0.2) is 0 Å². The van der Waals surface area contributed by atoms with Gasteiger partial charge in [0.2, 0.25) is 5.91 Å². The zero-order valence-corrected chi connectivity index (χ0v) is 16.9. The molecule has 2 fully saturated rings. The van der Waals surface area contributed by atoms with Crippen LogP contribution in [0.25, 0.3) is 0 Å². The van der Waals surface area contributed by atoms with Gasteiger partial charge in [-0.15, -0.1) is 0 Å². The van der Waals surface area contributed by atoms with Crippen LogP contribution in [0.2, 0.25) is 0 Å². The van der Waals surface area contributed by atoms with Gasteiger partial charge in [-0.3, -0.25) is 9.69 Å². The fourth-order valence-electron chi connectivity index (χ4n) is 4.33. The van der Waals surface area contributed by atoms with E-state index in [-0.39, 0.29) is 5.91 Å². The maximum Gasteiger partial charge on any atom is 0.228 e. The maximum absolute atomic E-state index is 13.0. The number of likely N-dealkylation sites (tertiary alicyclic amines) is 1. The molecular formula is C22H35N3O2. The summed E-state index contributed by atoms with van der Waals surface area (Å²) in [6.45, 7) is 8.51. The largest absolute Gasteiger partial charge is 0.384 e. The molecule has 1 aromatic rings. The Hall–Kier alpha value is -1.43. The van der Waals surface area contributed by atoms with E-state index >= 15 is 0 Å². The van der Waals surface area contributed by atoms with Crippen molar-refractivity contribution < 1.29 is 9.53 Å². The molecule has 0 aromatic heterocycles. The van der Waals surface area contributed by atoms with Gasteiger partial charge in [-0.2, -0.15) is 0 Å². The van der Waals surface area contributed by atoms with E-state index in [9.17, 15) is 4.79 Å². The summed E-state index contributed by atoms with van der Waals surface area (Å²) in [5.74, 6) is 0.977. The second kappa shape index (κ2) is 9.67. The first kappa shape index (κ1) is 20.3. The Morgan fingerprint density at radius 1 is 1.22 bits per heavy atom. The van der Waals surface area contributed by atoms with E-state index < -0.39 is 5.41 Å². The number of carbonyl (C=O) groups is 1. The van der Waals surface area contributed by atoms with E-state index in [1.165, 1.54) is 37.1 Å². The molecule has 0 atom stereocenters. The van der Waals surface area contributed by atoms with Crippen molar-refractivity contribution in [1.29, 1.82) is 0 Å². The summed E-state index contributed by atoms with van der Waals surface area (Å²) < 4.78 is 5.40. The third-order valence-corrected chi connectivity index (χ3v) is 6.29. The minimum absolute atomic E-state index is 0.132. The molecule has 0 spiro atoms. The van der Waals surface area contributed by atoms with Crippen LogP contribution in [0.4, 0.5) is 0 Å². The van der Waals surface area contributed by atoms with Gasteiger partial charge in [0.05, 0.1) is 12.0 Å². The Morgan fingerprint density at radius 3 is 2.56 bits per heavy atom. The van der Waals surface area contributed by atoms with E-state index in [0.717, 1.165) is 38.4 Å². The van der Waals surface area contributed by atoms with Crippen molar-refractivity contribution in [2.75, 3.05) is 39.9 Å². The van der Waals surface area contributed by atoms with Crippen molar-refractivity contribution in [1.82, 2.24) is 15.5 Å². The highest BCUT2D eigenvalue weighted by molar-refractivity contribution is 5.83. The Bertz CT molecular complexity index is 600. The van der Waals surface area contributed by atoms with E-state index in [2.05, 4.69) is 46.7 Å². The highest BCUT2D eigenvalue weighted by atomic mass is 16.5. The summed E-state index contributed by atoms with van der Waals surface area (Å²) >= 11 is 0. The average molecular weight is 374 g/mol. The smallest absolute Gasteiger partial charge is 0.228 e. The van der Waals surface area contributed by atoms with Crippen LogP contribution < -0.4 is 10.6 Å². The third kappa shape index (κ3) is 5.31. The maximum atomic E-state index is 13.0. The predicted octanol–water partition coefficient (Wildman–Crippen LogP) is 2.55. The number of hydrogen-bond acceptors (Lipinski definition) is 4. The van der Waals surface area contributed by atoms with Crippen LogP contribution in [0.1, 0.15) is 43.7 Å². The van der Waals surface area contributed by atoms with Crippen molar-refractivity contribution in [3.05, 3.63) is 35.4 Å². The summed E-state index contributed by atoms with van der Waals surface area (Å²) in [4.78, 5) is 15.5.